The van der Waals surface area contributed by atoms with E-state index in [9.17, 15) is 9.36 Å². The van der Waals surface area contributed by atoms with Crippen molar-refractivity contribution in [2.24, 2.45) is 0 Å². The Morgan fingerprint density at radius 1 is 1.10 bits per heavy atom. The van der Waals surface area contributed by atoms with E-state index >= 15 is 0 Å². The zero-order valence-electron chi connectivity index (χ0n) is 11.2. The van der Waals surface area contributed by atoms with Crippen molar-refractivity contribution in [3.63, 3.8) is 0 Å². The molecule has 0 aliphatic heterocycles. The first-order chi connectivity index (χ1) is 10.0. The second-order valence-electron chi connectivity index (χ2n) is 4.12. The topological polar surface area (TPSA) is 43.4 Å². The predicted molar refractivity (Wildman–Crippen MR) is 85.6 cm³/mol. The SMILES string of the molecule is CCOc1ccc([P+](=O)C(=O)c2c(Cl)cccc2Cl)cc1. The van der Waals surface area contributed by atoms with Crippen molar-refractivity contribution in [2.45, 2.75) is 6.92 Å². The second kappa shape index (κ2) is 7.04. The Hall–Kier alpha value is -1.41. The van der Waals surface area contributed by atoms with Gasteiger partial charge < -0.3 is 4.74 Å². The molecule has 2 rings (SSSR count). The van der Waals surface area contributed by atoms with Crippen LogP contribution in [-0.4, -0.2) is 12.1 Å². The first-order valence-electron chi connectivity index (χ1n) is 6.23. The molecule has 0 N–H and O–H groups in total. The molecule has 6 heteroatoms. The summed E-state index contributed by atoms with van der Waals surface area (Å²) in [6.45, 7) is 2.41. The van der Waals surface area contributed by atoms with Gasteiger partial charge in [0.1, 0.15) is 11.3 Å². The number of rotatable bonds is 5. The number of ether oxygens (including phenoxy) is 1. The average molecular weight is 342 g/mol. The van der Waals surface area contributed by atoms with Crippen LogP contribution in [0.4, 0.5) is 0 Å². The zero-order chi connectivity index (χ0) is 15.4. The Balaban J connectivity index is 2.29. The summed E-state index contributed by atoms with van der Waals surface area (Å²) in [4.78, 5) is 12.3. The van der Waals surface area contributed by atoms with Gasteiger partial charge in [-0.1, -0.05) is 33.8 Å². The number of benzene rings is 2. The van der Waals surface area contributed by atoms with E-state index in [0.717, 1.165) is 0 Å². The van der Waals surface area contributed by atoms with Crippen molar-refractivity contribution < 1.29 is 14.1 Å². The highest BCUT2D eigenvalue weighted by Crippen LogP contribution is 2.34. The number of hydrogen-bond donors (Lipinski definition) is 0. The predicted octanol–water partition coefficient (Wildman–Crippen LogP) is 4.69. The quantitative estimate of drug-likeness (QED) is 0.741. The fourth-order valence-corrected chi connectivity index (χ4v) is 3.56. The van der Waals surface area contributed by atoms with Gasteiger partial charge in [-0.3, -0.25) is 0 Å². The van der Waals surface area contributed by atoms with Crippen molar-refractivity contribution in [1.82, 2.24) is 0 Å². The van der Waals surface area contributed by atoms with Gasteiger partial charge in [-0.05, 0) is 43.3 Å². The molecule has 21 heavy (non-hydrogen) atoms. The molecule has 0 fully saturated rings. The molecule has 0 saturated carbocycles. The maximum Gasteiger partial charge on any atom is 0.458 e. The van der Waals surface area contributed by atoms with Crippen LogP contribution in [0.1, 0.15) is 17.3 Å². The van der Waals surface area contributed by atoms with Crippen molar-refractivity contribution in [1.29, 1.82) is 0 Å². The summed E-state index contributed by atoms with van der Waals surface area (Å²) in [7, 11) is -2.28. The van der Waals surface area contributed by atoms with Gasteiger partial charge in [-0.25, -0.2) is 4.79 Å². The molecule has 0 radical (unpaired) electrons. The third kappa shape index (κ3) is 3.62. The lowest BCUT2D eigenvalue weighted by Gasteiger charge is -2.01. The van der Waals surface area contributed by atoms with E-state index in [2.05, 4.69) is 0 Å². The summed E-state index contributed by atoms with van der Waals surface area (Å²) in [6, 6.07) is 11.3. The fourth-order valence-electron chi connectivity index (χ4n) is 1.77. The molecule has 0 amide bonds. The number of hydrogen-bond acceptors (Lipinski definition) is 3. The molecule has 0 aliphatic rings. The minimum Gasteiger partial charge on any atom is -0.494 e. The number of carbonyl (C=O) groups is 1. The van der Waals surface area contributed by atoms with E-state index < -0.39 is 13.3 Å². The van der Waals surface area contributed by atoms with Gasteiger partial charge in [0.25, 0.3) is 0 Å². The Morgan fingerprint density at radius 2 is 1.67 bits per heavy atom. The molecular formula is C15H12Cl2O3P+. The van der Waals surface area contributed by atoms with E-state index in [1.165, 1.54) is 0 Å². The van der Waals surface area contributed by atoms with E-state index in [1.807, 2.05) is 6.92 Å². The molecule has 1 atom stereocenters. The monoisotopic (exact) mass is 341 g/mol. The largest absolute Gasteiger partial charge is 0.494 e. The van der Waals surface area contributed by atoms with Crippen molar-refractivity contribution >= 4 is 41.8 Å². The standard InChI is InChI=1S/C15H12Cl2O3P/c1-2-20-10-6-8-11(9-7-10)21(19)15(18)14-12(16)4-3-5-13(14)17/h3-9H,2H2,1H3/q+1. The first-order valence-corrected chi connectivity index (χ1v) is 8.24. The van der Waals surface area contributed by atoms with Crippen LogP contribution in [0.3, 0.4) is 0 Å². The third-order valence-corrected chi connectivity index (χ3v) is 4.73. The van der Waals surface area contributed by atoms with E-state index in [0.29, 0.717) is 17.7 Å². The minimum atomic E-state index is -2.28. The summed E-state index contributed by atoms with van der Waals surface area (Å²) in [6.07, 6.45) is 0. The van der Waals surface area contributed by atoms with Crippen LogP contribution in [0.2, 0.25) is 10.0 Å². The fraction of sp³-hybridized carbons (Fsp3) is 0.133. The summed E-state index contributed by atoms with van der Waals surface area (Å²) in [5, 5.41) is 0.804. The highest BCUT2D eigenvalue weighted by atomic mass is 35.5. The van der Waals surface area contributed by atoms with Gasteiger partial charge in [-0.2, -0.15) is 0 Å². The molecule has 108 valence electrons. The molecule has 0 saturated heterocycles. The maximum atomic E-state index is 12.4. The molecule has 0 bridgehead atoms. The van der Waals surface area contributed by atoms with Gasteiger partial charge in [0, 0.05) is 0 Å². The van der Waals surface area contributed by atoms with Crippen LogP contribution < -0.4 is 10.0 Å². The summed E-state index contributed by atoms with van der Waals surface area (Å²) >= 11 is 11.9. The minimum absolute atomic E-state index is 0.0934. The van der Waals surface area contributed by atoms with Gasteiger partial charge in [0.2, 0.25) is 0 Å². The van der Waals surface area contributed by atoms with E-state index in [-0.39, 0.29) is 15.6 Å². The van der Waals surface area contributed by atoms with Gasteiger partial charge in [0.05, 0.1) is 16.7 Å². The molecule has 1 unspecified atom stereocenters. The highest BCUT2D eigenvalue weighted by Gasteiger charge is 2.35. The molecule has 0 spiro atoms. The van der Waals surface area contributed by atoms with Crippen LogP contribution in [0.5, 0.6) is 5.75 Å². The zero-order valence-corrected chi connectivity index (χ0v) is 13.6. The smallest absolute Gasteiger partial charge is 0.458 e. The number of carbonyl (C=O) groups excluding carboxylic acids is 1. The van der Waals surface area contributed by atoms with Gasteiger partial charge in [-0.15, -0.1) is 0 Å². The Bertz CT molecular complexity index is 664. The lowest BCUT2D eigenvalue weighted by atomic mass is 10.2. The van der Waals surface area contributed by atoms with E-state index in [4.69, 9.17) is 27.9 Å². The Kier molecular flexibility index (Phi) is 5.35. The van der Waals surface area contributed by atoms with Gasteiger partial charge >= 0.3 is 13.3 Å². The molecule has 0 aliphatic carbocycles. The lowest BCUT2D eigenvalue weighted by Crippen LogP contribution is -2.05. The van der Waals surface area contributed by atoms with Crippen LogP contribution in [0.15, 0.2) is 42.5 Å². The van der Waals surface area contributed by atoms with Crippen LogP contribution in [0.25, 0.3) is 0 Å². The molecule has 0 aromatic heterocycles. The molecule has 2 aromatic rings. The average Bonchev–Trinajstić information content (AvgIpc) is 2.47. The highest BCUT2D eigenvalue weighted by molar-refractivity contribution is 7.71. The lowest BCUT2D eigenvalue weighted by molar-refractivity contribution is 0.108. The first kappa shape index (κ1) is 16.0. The van der Waals surface area contributed by atoms with Crippen LogP contribution in [-0.2, 0) is 4.57 Å². The summed E-state index contributed by atoms with van der Waals surface area (Å²) < 4.78 is 17.7. The van der Waals surface area contributed by atoms with Crippen LogP contribution in [0, 0.1) is 0 Å². The third-order valence-electron chi connectivity index (χ3n) is 2.74. The molecule has 0 heterocycles. The van der Waals surface area contributed by atoms with Crippen LogP contribution >= 0.6 is 31.0 Å². The van der Waals surface area contributed by atoms with Crippen molar-refractivity contribution in [3.05, 3.63) is 58.1 Å². The Morgan fingerprint density at radius 3 is 2.19 bits per heavy atom. The molecular weight excluding hydrogens is 330 g/mol. The summed E-state index contributed by atoms with van der Waals surface area (Å²) in [5.74, 6) is 0.660. The van der Waals surface area contributed by atoms with Gasteiger partial charge in [0.15, 0.2) is 5.30 Å². The summed E-state index contributed by atoms with van der Waals surface area (Å²) in [5.41, 5.74) is -0.486. The second-order valence-corrected chi connectivity index (χ2v) is 6.45. The number of halogens is 2. The molecule has 3 nitrogen and oxygen atoms in total. The molecule has 2 aromatic carbocycles. The van der Waals surface area contributed by atoms with E-state index in [1.54, 1.807) is 42.5 Å². The Labute approximate surface area is 133 Å². The van der Waals surface area contributed by atoms with Crippen molar-refractivity contribution in [3.8, 4) is 5.75 Å². The maximum absolute atomic E-state index is 12.4. The van der Waals surface area contributed by atoms with Crippen molar-refractivity contribution in [2.75, 3.05) is 6.61 Å². The normalized spacial score (nSPS) is 11.1.